The lowest BCUT2D eigenvalue weighted by Gasteiger charge is -2.29. The summed E-state index contributed by atoms with van der Waals surface area (Å²) in [5.41, 5.74) is 0.474. The summed E-state index contributed by atoms with van der Waals surface area (Å²) >= 11 is 0. The summed E-state index contributed by atoms with van der Waals surface area (Å²) in [6, 6.07) is 8.17. The number of nitrogens with one attached hydrogen (secondary N) is 1. The predicted molar refractivity (Wildman–Crippen MR) is 74.9 cm³/mol. The van der Waals surface area contributed by atoms with E-state index in [-0.39, 0.29) is 12.0 Å². The van der Waals surface area contributed by atoms with Crippen molar-refractivity contribution in [3.05, 3.63) is 29.8 Å². The topological polar surface area (TPSA) is 41.5 Å². The highest BCUT2D eigenvalue weighted by atomic mass is 16.5. The summed E-state index contributed by atoms with van der Waals surface area (Å²) in [5, 5.41) is 13.6. The van der Waals surface area contributed by atoms with E-state index in [1.165, 1.54) is 0 Å². The van der Waals surface area contributed by atoms with Crippen LogP contribution in [0.4, 0.5) is 0 Å². The first-order chi connectivity index (χ1) is 8.36. The molecule has 102 valence electrons. The first-order valence-electron chi connectivity index (χ1n) is 6.46. The third-order valence-electron chi connectivity index (χ3n) is 3.60. The maximum atomic E-state index is 10.2. The van der Waals surface area contributed by atoms with Gasteiger partial charge in [0, 0.05) is 12.6 Å². The Morgan fingerprint density at radius 3 is 2.56 bits per heavy atom. The second kappa shape index (κ2) is 6.21. The Bertz CT molecular complexity index is 375. The normalized spacial score (nSPS) is 16.4. The van der Waals surface area contributed by atoms with Gasteiger partial charge in [-0.15, -0.1) is 0 Å². The van der Waals surface area contributed by atoms with E-state index in [1.807, 2.05) is 39.0 Å². The van der Waals surface area contributed by atoms with Gasteiger partial charge in [0.15, 0.2) is 0 Å². The van der Waals surface area contributed by atoms with Crippen LogP contribution in [0, 0.1) is 5.92 Å². The number of benzene rings is 1. The number of aliphatic hydroxyl groups is 1. The Labute approximate surface area is 110 Å². The first-order valence-corrected chi connectivity index (χ1v) is 6.46. The van der Waals surface area contributed by atoms with Crippen molar-refractivity contribution in [2.24, 2.45) is 5.92 Å². The first kappa shape index (κ1) is 15.0. The molecule has 0 radical (unpaired) electrons. The molecule has 3 nitrogen and oxygen atoms in total. The second-order valence-electron chi connectivity index (χ2n) is 5.39. The zero-order valence-corrected chi connectivity index (χ0v) is 12.0. The van der Waals surface area contributed by atoms with Gasteiger partial charge in [0.2, 0.25) is 0 Å². The van der Waals surface area contributed by atoms with Gasteiger partial charge in [-0.05, 0) is 37.5 Å². The average Bonchev–Trinajstić information content (AvgIpc) is 2.36. The zero-order valence-electron chi connectivity index (χ0n) is 12.0. The van der Waals surface area contributed by atoms with E-state index in [9.17, 15) is 5.11 Å². The molecule has 0 spiro atoms. The van der Waals surface area contributed by atoms with Crippen molar-refractivity contribution in [3.8, 4) is 5.75 Å². The molecule has 0 aliphatic carbocycles. The van der Waals surface area contributed by atoms with Crippen molar-refractivity contribution in [3.63, 3.8) is 0 Å². The van der Waals surface area contributed by atoms with Gasteiger partial charge in [-0.1, -0.05) is 26.0 Å². The van der Waals surface area contributed by atoms with Gasteiger partial charge in [-0.2, -0.15) is 0 Å². The van der Waals surface area contributed by atoms with Gasteiger partial charge in [-0.3, -0.25) is 0 Å². The summed E-state index contributed by atoms with van der Waals surface area (Å²) < 4.78 is 5.21. The molecule has 0 saturated heterocycles. The lowest BCUT2D eigenvalue weighted by atomic mass is 9.92. The number of methoxy groups -OCH3 is 1. The van der Waals surface area contributed by atoms with Crippen LogP contribution in [0.3, 0.4) is 0 Å². The van der Waals surface area contributed by atoms with Crippen molar-refractivity contribution >= 4 is 0 Å². The van der Waals surface area contributed by atoms with E-state index >= 15 is 0 Å². The predicted octanol–water partition coefficient (Wildman–Crippen LogP) is 2.75. The molecule has 0 heterocycles. The zero-order chi connectivity index (χ0) is 13.8. The average molecular weight is 251 g/mol. The van der Waals surface area contributed by atoms with Gasteiger partial charge in [0.25, 0.3) is 0 Å². The quantitative estimate of drug-likeness (QED) is 0.817. The van der Waals surface area contributed by atoms with Crippen molar-refractivity contribution in [2.75, 3.05) is 13.7 Å². The van der Waals surface area contributed by atoms with Crippen LogP contribution in [0.15, 0.2) is 24.3 Å². The van der Waals surface area contributed by atoms with Crippen LogP contribution in [0.25, 0.3) is 0 Å². The van der Waals surface area contributed by atoms with Crippen molar-refractivity contribution in [2.45, 2.75) is 39.3 Å². The van der Waals surface area contributed by atoms with Crippen LogP contribution >= 0.6 is 0 Å². The molecule has 2 atom stereocenters. The molecule has 1 rings (SSSR count). The van der Waals surface area contributed by atoms with Crippen molar-refractivity contribution < 1.29 is 9.84 Å². The van der Waals surface area contributed by atoms with E-state index < -0.39 is 5.60 Å². The maximum Gasteiger partial charge on any atom is 0.119 e. The molecule has 0 amide bonds. The maximum absolute atomic E-state index is 10.2. The summed E-state index contributed by atoms with van der Waals surface area (Å²) in [6.07, 6.45) is 0. The summed E-state index contributed by atoms with van der Waals surface area (Å²) in [6.45, 7) is 8.58. The Morgan fingerprint density at radius 2 is 2.00 bits per heavy atom. The third-order valence-corrected chi connectivity index (χ3v) is 3.60. The van der Waals surface area contributed by atoms with Gasteiger partial charge in [0.05, 0.1) is 12.7 Å². The SMILES string of the molecule is COc1cccc([C@H](C)NCC(C)(O)C(C)C)c1. The molecule has 0 aliphatic rings. The lowest BCUT2D eigenvalue weighted by Crippen LogP contribution is -2.42. The fourth-order valence-electron chi connectivity index (χ4n) is 1.59. The molecular weight excluding hydrogens is 226 g/mol. The van der Waals surface area contributed by atoms with Gasteiger partial charge in [-0.25, -0.2) is 0 Å². The fourth-order valence-corrected chi connectivity index (χ4v) is 1.59. The Kier molecular flexibility index (Phi) is 5.17. The number of hydrogen-bond acceptors (Lipinski definition) is 3. The summed E-state index contributed by atoms with van der Waals surface area (Å²) in [7, 11) is 1.67. The van der Waals surface area contributed by atoms with Crippen molar-refractivity contribution in [1.29, 1.82) is 0 Å². The third kappa shape index (κ3) is 4.00. The second-order valence-corrected chi connectivity index (χ2v) is 5.39. The van der Waals surface area contributed by atoms with E-state index in [2.05, 4.69) is 18.3 Å². The van der Waals surface area contributed by atoms with Crippen LogP contribution in [0.2, 0.25) is 0 Å². The minimum absolute atomic E-state index is 0.185. The number of rotatable bonds is 6. The molecule has 0 aliphatic heterocycles. The molecule has 1 aromatic carbocycles. The summed E-state index contributed by atoms with van der Waals surface area (Å²) in [5.74, 6) is 1.08. The molecule has 2 N–H and O–H groups in total. The highest BCUT2D eigenvalue weighted by Gasteiger charge is 2.25. The molecule has 1 aromatic rings. The molecule has 0 aromatic heterocycles. The smallest absolute Gasteiger partial charge is 0.119 e. The Hall–Kier alpha value is -1.06. The van der Waals surface area contributed by atoms with Crippen molar-refractivity contribution in [1.82, 2.24) is 5.32 Å². The van der Waals surface area contributed by atoms with E-state index in [4.69, 9.17) is 4.74 Å². The van der Waals surface area contributed by atoms with Crippen LogP contribution < -0.4 is 10.1 Å². The van der Waals surface area contributed by atoms with Crippen LogP contribution in [0.1, 0.15) is 39.3 Å². The minimum atomic E-state index is -0.687. The molecule has 18 heavy (non-hydrogen) atoms. The highest BCUT2D eigenvalue weighted by molar-refractivity contribution is 5.30. The molecule has 1 unspecified atom stereocenters. The van der Waals surface area contributed by atoms with Crippen LogP contribution in [-0.4, -0.2) is 24.4 Å². The molecule has 3 heteroatoms. The highest BCUT2D eigenvalue weighted by Crippen LogP contribution is 2.20. The van der Waals surface area contributed by atoms with Crippen LogP contribution in [0.5, 0.6) is 5.75 Å². The van der Waals surface area contributed by atoms with Gasteiger partial charge in [0.1, 0.15) is 5.75 Å². The standard InChI is InChI=1S/C15H25NO2/c1-11(2)15(4,17)10-16-12(3)13-7-6-8-14(9-13)18-5/h6-9,11-12,16-17H,10H2,1-5H3/t12-,15?/m0/s1. The van der Waals surface area contributed by atoms with Gasteiger partial charge < -0.3 is 15.2 Å². The fraction of sp³-hybridized carbons (Fsp3) is 0.600. The lowest BCUT2D eigenvalue weighted by molar-refractivity contribution is 0.0122. The van der Waals surface area contributed by atoms with E-state index in [0.29, 0.717) is 6.54 Å². The van der Waals surface area contributed by atoms with E-state index in [1.54, 1.807) is 7.11 Å². The summed E-state index contributed by atoms with van der Waals surface area (Å²) in [4.78, 5) is 0. The van der Waals surface area contributed by atoms with E-state index in [0.717, 1.165) is 11.3 Å². The molecule has 0 bridgehead atoms. The number of ether oxygens (including phenoxy) is 1. The van der Waals surface area contributed by atoms with Gasteiger partial charge >= 0.3 is 0 Å². The number of hydrogen-bond donors (Lipinski definition) is 2. The minimum Gasteiger partial charge on any atom is -0.497 e. The Balaban J connectivity index is 2.62. The molecular formula is C15H25NO2. The molecule has 0 saturated carbocycles. The monoisotopic (exact) mass is 251 g/mol. The molecule has 0 fully saturated rings. The van der Waals surface area contributed by atoms with Crippen LogP contribution in [-0.2, 0) is 0 Å². The largest absolute Gasteiger partial charge is 0.497 e. The Morgan fingerprint density at radius 1 is 1.33 bits per heavy atom.